The Kier molecular flexibility index (Phi) is 3.82. The third-order valence-corrected chi connectivity index (χ3v) is 2.25. The molecule has 1 amide bonds. The molecule has 0 saturated carbocycles. The number of ketones is 1. The first kappa shape index (κ1) is 12.4. The van der Waals surface area contributed by atoms with Crippen molar-refractivity contribution in [2.45, 2.75) is 33.7 Å². The lowest BCUT2D eigenvalue weighted by molar-refractivity contribution is -0.117. The Morgan fingerprint density at radius 3 is 2.31 bits per heavy atom. The van der Waals surface area contributed by atoms with E-state index in [0.717, 1.165) is 11.1 Å². The zero-order chi connectivity index (χ0) is 12.3. The van der Waals surface area contributed by atoms with Gasteiger partial charge >= 0.3 is 0 Å². The number of rotatable bonds is 3. The minimum absolute atomic E-state index is 0.0257. The number of benzene rings is 1. The highest BCUT2D eigenvalue weighted by atomic mass is 16.2. The molecule has 3 heteroatoms. The summed E-state index contributed by atoms with van der Waals surface area (Å²) in [6.07, 6.45) is 0. The van der Waals surface area contributed by atoms with Crippen molar-refractivity contribution in [3.8, 4) is 0 Å². The molecule has 0 aliphatic heterocycles. The van der Waals surface area contributed by atoms with Crippen LogP contribution in [0.3, 0.4) is 0 Å². The van der Waals surface area contributed by atoms with Gasteiger partial charge in [-0.1, -0.05) is 23.8 Å². The largest absolute Gasteiger partial charge is 0.347 e. The average Bonchev–Trinajstić information content (AvgIpc) is 2.15. The molecular weight excluding hydrogens is 202 g/mol. The van der Waals surface area contributed by atoms with Gasteiger partial charge in [0.15, 0.2) is 0 Å². The zero-order valence-corrected chi connectivity index (χ0v) is 10.1. The minimum Gasteiger partial charge on any atom is -0.347 e. The maximum atomic E-state index is 11.8. The fraction of sp³-hybridized carbons (Fsp3) is 0.385. The van der Waals surface area contributed by atoms with Crippen molar-refractivity contribution < 1.29 is 9.59 Å². The molecule has 16 heavy (non-hydrogen) atoms. The monoisotopic (exact) mass is 219 g/mol. The van der Waals surface area contributed by atoms with Gasteiger partial charge < -0.3 is 5.32 Å². The highest BCUT2D eigenvalue weighted by molar-refractivity contribution is 6.43. The molecule has 1 aromatic carbocycles. The molecule has 0 spiro atoms. The maximum Gasteiger partial charge on any atom is 0.292 e. The molecule has 1 rings (SSSR count). The fourth-order valence-electron chi connectivity index (χ4n) is 1.52. The molecule has 0 aromatic heterocycles. The van der Waals surface area contributed by atoms with Gasteiger partial charge in [0, 0.05) is 11.6 Å². The van der Waals surface area contributed by atoms with Crippen LogP contribution in [0.5, 0.6) is 0 Å². The molecule has 1 aromatic rings. The molecule has 0 aliphatic rings. The molecule has 0 saturated heterocycles. The van der Waals surface area contributed by atoms with Gasteiger partial charge in [0.1, 0.15) is 0 Å². The second-order valence-electron chi connectivity index (χ2n) is 4.28. The molecule has 0 bridgehead atoms. The summed E-state index contributed by atoms with van der Waals surface area (Å²) in [6.45, 7) is 7.44. The van der Waals surface area contributed by atoms with Crippen LogP contribution in [0.1, 0.15) is 35.3 Å². The van der Waals surface area contributed by atoms with Crippen LogP contribution in [-0.4, -0.2) is 17.7 Å². The molecule has 86 valence electrons. The number of aryl methyl sites for hydroxylation is 2. The molecule has 3 nitrogen and oxygen atoms in total. The summed E-state index contributed by atoms with van der Waals surface area (Å²) in [5.74, 6) is -1.01. The molecular formula is C13H17NO2. The van der Waals surface area contributed by atoms with E-state index in [9.17, 15) is 9.59 Å². The van der Waals surface area contributed by atoms with Crippen molar-refractivity contribution in [1.29, 1.82) is 0 Å². The van der Waals surface area contributed by atoms with Gasteiger partial charge in [0.25, 0.3) is 5.91 Å². The predicted octanol–water partition coefficient (Wildman–Crippen LogP) is 2.01. The van der Waals surface area contributed by atoms with Crippen molar-refractivity contribution in [2.75, 3.05) is 0 Å². The molecule has 1 N–H and O–H groups in total. The van der Waals surface area contributed by atoms with E-state index >= 15 is 0 Å². The van der Waals surface area contributed by atoms with Crippen molar-refractivity contribution in [3.63, 3.8) is 0 Å². The average molecular weight is 219 g/mol. The third kappa shape index (κ3) is 2.92. The molecule has 0 unspecified atom stereocenters. The molecule has 0 radical (unpaired) electrons. The Balaban J connectivity index is 2.92. The Bertz CT molecular complexity index is 422. The van der Waals surface area contributed by atoms with Gasteiger partial charge in [0.2, 0.25) is 5.78 Å². The maximum absolute atomic E-state index is 11.8. The van der Waals surface area contributed by atoms with Gasteiger partial charge in [-0.05, 0) is 33.3 Å². The lowest BCUT2D eigenvalue weighted by Crippen LogP contribution is -2.36. The summed E-state index contributed by atoms with van der Waals surface area (Å²) in [7, 11) is 0. The van der Waals surface area contributed by atoms with Crippen LogP contribution >= 0.6 is 0 Å². The summed E-state index contributed by atoms with van der Waals surface area (Å²) in [5.41, 5.74) is 2.39. The number of carbonyl (C=O) groups excluding carboxylic acids is 2. The van der Waals surface area contributed by atoms with Crippen LogP contribution in [0.2, 0.25) is 0 Å². The molecule has 0 atom stereocenters. The van der Waals surface area contributed by atoms with Crippen LogP contribution in [0.4, 0.5) is 0 Å². The normalized spacial score (nSPS) is 10.3. The van der Waals surface area contributed by atoms with Gasteiger partial charge in [0.05, 0.1) is 0 Å². The van der Waals surface area contributed by atoms with Crippen molar-refractivity contribution in [2.24, 2.45) is 0 Å². The van der Waals surface area contributed by atoms with Crippen molar-refractivity contribution in [1.82, 2.24) is 5.32 Å². The Labute approximate surface area is 95.9 Å². The van der Waals surface area contributed by atoms with Gasteiger partial charge in [-0.15, -0.1) is 0 Å². The highest BCUT2D eigenvalue weighted by Crippen LogP contribution is 2.11. The smallest absolute Gasteiger partial charge is 0.292 e. The first-order valence-corrected chi connectivity index (χ1v) is 5.34. The van der Waals surface area contributed by atoms with E-state index in [1.54, 1.807) is 6.07 Å². The van der Waals surface area contributed by atoms with Crippen LogP contribution < -0.4 is 5.32 Å². The van der Waals surface area contributed by atoms with Crippen LogP contribution in [0.25, 0.3) is 0 Å². The number of hydrogen-bond donors (Lipinski definition) is 1. The van der Waals surface area contributed by atoms with E-state index in [1.165, 1.54) is 0 Å². The second kappa shape index (κ2) is 4.92. The van der Waals surface area contributed by atoms with Crippen LogP contribution in [0.15, 0.2) is 18.2 Å². The van der Waals surface area contributed by atoms with Gasteiger partial charge in [-0.3, -0.25) is 9.59 Å². The summed E-state index contributed by atoms with van der Waals surface area (Å²) >= 11 is 0. The van der Waals surface area contributed by atoms with Gasteiger partial charge in [-0.2, -0.15) is 0 Å². The summed E-state index contributed by atoms with van der Waals surface area (Å²) in [5, 5.41) is 2.59. The first-order chi connectivity index (χ1) is 7.41. The van der Waals surface area contributed by atoms with Crippen molar-refractivity contribution in [3.05, 3.63) is 34.9 Å². The number of hydrogen-bond acceptors (Lipinski definition) is 2. The molecule has 0 fully saturated rings. The number of amides is 1. The van der Waals surface area contributed by atoms with E-state index in [1.807, 2.05) is 39.8 Å². The Morgan fingerprint density at radius 1 is 1.19 bits per heavy atom. The third-order valence-electron chi connectivity index (χ3n) is 2.25. The highest BCUT2D eigenvalue weighted by Gasteiger charge is 2.18. The summed E-state index contributed by atoms with van der Waals surface area (Å²) < 4.78 is 0. The summed E-state index contributed by atoms with van der Waals surface area (Å²) in [4.78, 5) is 23.3. The topological polar surface area (TPSA) is 46.2 Å². The number of carbonyl (C=O) groups is 2. The second-order valence-corrected chi connectivity index (χ2v) is 4.28. The predicted molar refractivity (Wildman–Crippen MR) is 63.5 cm³/mol. The zero-order valence-electron chi connectivity index (χ0n) is 10.1. The van der Waals surface area contributed by atoms with E-state index < -0.39 is 11.7 Å². The molecule has 0 aliphatic carbocycles. The standard InChI is InChI=1S/C13H17NO2/c1-8(2)14-13(16)12(15)11-6-5-9(3)7-10(11)4/h5-8H,1-4H3,(H,14,16). The number of nitrogens with one attached hydrogen (secondary N) is 1. The number of Topliss-reactive ketones (excluding diaryl/α,β-unsaturated/α-hetero) is 1. The fourth-order valence-corrected chi connectivity index (χ4v) is 1.52. The SMILES string of the molecule is Cc1ccc(C(=O)C(=O)NC(C)C)c(C)c1. The summed E-state index contributed by atoms with van der Waals surface area (Å²) in [6, 6.07) is 5.41. The Morgan fingerprint density at radius 2 is 1.81 bits per heavy atom. The van der Waals surface area contributed by atoms with E-state index in [4.69, 9.17) is 0 Å². The lowest BCUT2D eigenvalue weighted by Gasteiger charge is -2.09. The lowest BCUT2D eigenvalue weighted by atomic mass is 10.0. The minimum atomic E-state index is -0.540. The van der Waals surface area contributed by atoms with Crippen LogP contribution in [0, 0.1) is 13.8 Å². The molecule has 0 heterocycles. The van der Waals surface area contributed by atoms with Crippen molar-refractivity contribution >= 4 is 11.7 Å². The van der Waals surface area contributed by atoms with E-state index in [-0.39, 0.29) is 6.04 Å². The van der Waals surface area contributed by atoms with Gasteiger partial charge in [-0.25, -0.2) is 0 Å². The first-order valence-electron chi connectivity index (χ1n) is 5.34. The van der Waals surface area contributed by atoms with E-state index in [0.29, 0.717) is 5.56 Å². The quantitative estimate of drug-likeness (QED) is 0.624. The Hall–Kier alpha value is -1.64. The van der Waals surface area contributed by atoms with Crippen LogP contribution in [-0.2, 0) is 4.79 Å². The van der Waals surface area contributed by atoms with E-state index in [2.05, 4.69) is 5.32 Å².